The molecule has 1 aliphatic rings. The van der Waals surface area contributed by atoms with Gasteiger partial charge in [0.25, 0.3) is 0 Å². The SMILES string of the molecule is C[C@@H]1[C@H](C)CCC[C@H]1NS(=O)(=O)c1c(F)cccc1F. The van der Waals surface area contributed by atoms with Crippen LogP contribution in [0.1, 0.15) is 33.1 Å². The van der Waals surface area contributed by atoms with Gasteiger partial charge in [0.05, 0.1) is 0 Å². The fourth-order valence-corrected chi connectivity index (χ4v) is 4.24. The molecule has 2 rings (SSSR count). The van der Waals surface area contributed by atoms with Crippen LogP contribution in [0.5, 0.6) is 0 Å². The van der Waals surface area contributed by atoms with Crippen molar-refractivity contribution in [3.8, 4) is 0 Å². The van der Waals surface area contributed by atoms with Gasteiger partial charge in [0.15, 0.2) is 4.90 Å². The number of nitrogens with one attached hydrogen (secondary N) is 1. The van der Waals surface area contributed by atoms with Crippen LogP contribution in [0.3, 0.4) is 0 Å². The van der Waals surface area contributed by atoms with E-state index in [1.165, 1.54) is 0 Å². The first-order valence-corrected chi connectivity index (χ1v) is 8.27. The van der Waals surface area contributed by atoms with E-state index < -0.39 is 26.6 Å². The van der Waals surface area contributed by atoms with Crippen molar-refractivity contribution in [1.82, 2.24) is 4.72 Å². The summed E-state index contributed by atoms with van der Waals surface area (Å²) in [6.45, 7) is 4.03. The molecule has 1 aromatic rings. The number of halogens is 2. The van der Waals surface area contributed by atoms with Crippen LogP contribution in [-0.2, 0) is 10.0 Å². The minimum Gasteiger partial charge on any atom is -0.208 e. The summed E-state index contributed by atoms with van der Waals surface area (Å²) in [4.78, 5) is -0.884. The fraction of sp³-hybridized carbons (Fsp3) is 0.571. The van der Waals surface area contributed by atoms with Crippen molar-refractivity contribution in [1.29, 1.82) is 0 Å². The van der Waals surface area contributed by atoms with Gasteiger partial charge in [0.1, 0.15) is 11.6 Å². The lowest BCUT2D eigenvalue weighted by molar-refractivity contribution is 0.226. The highest BCUT2D eigenvalue weighted by atomic mass is 32.2. The molecule has 1 saturated carbocycles. The molecule has 0 saturated heterocycles. The molecule has 1 fully saturated rings. The molecule has 1 aliphatic carbocycles. The predicted octanol–water partition coefficient (Wildman–Crippen LogP) is 3.07. The molecule has 0 radical (unpaired) electrons. The van der Waals surface area contributed by atoms with Gasteiger partial charge < -0.3 is 0 Å². The van der Waals surface area contributed by atoms with Crippen molar-refractivity contribution >= 4 is 10.0 Å². The third-order valence-electron chi connectivity index (χ3n) is 4.20. The molecule has 0 spiro atoms. The standard InChI is InChI=1S/C14H19F2NO2S/c1-9-5-3-8-13(10(9)2)17-20(18,19)14-11(15)6-4-7-12(14)16/h4,6-7,9-10,13,17H,3,5,8H2,1-2H3/t9-,10-,13-/m1/s1. The third kappa shape index (κ3) is 3.01. The highest BCUT2D eigenvalue weighted by Gasteiger charge is 2.33. The average Bonchev–Trinajstić information content (AvgIpc) is 2.34. The molecule has 0 heterocycles. The molecule has 0 aromatic heterocycles. The summed E-state index contributed by atoms with van der Waals surface area (Å²) in [5.41, 5.74) is 0. The molecule has 0 bridgehead atoms. The van der Waals surface area contributed by atoms with E-state index in [0.29, 0.717) is 12.3 Å². The number of benzene rings is 1. The number of hydrogen-bond donors (Lipinski definition) is 1. The van der Waals surface area contributed by atoms with Crippen LogP contribution in [0.15, 0.2) is 23.1 Å². The monoisotopic (exact) mass is 303 g/mol. The van der Waals surface area contributed by atoms with Gasteiger partial charge in [-0.25, -0.2) is 21.9 Å². The third-order valence-corrected chi connectivity index (χ3v) is 5.74. The van der Waals surface area contributed by atoms with Crippen molar-refractivity contribution in [2.45, 2.75) is 44.0 Å². The highest BCUT2D eigenvalue weighted by molar-refractivity contribution is 7.89. The lowest BCUT2D eigenvalue weighted by atomic mass is 9.78. The Kier molecular flexibility index (Phi) is 4.44. The van der Waals surface area contributed by atoms with E-state index in [-0.39, 0.29) is 12.0 Å². The van der Waals surface area contributed by atoms with Gasteiger partial charge in [-0.3, -0.25) is 0 Å². The molecule has 1 aromatic carbocycles. The second-order valence-electron chi connectivity index (χ2n) is 5.55. The first kappa shape index (κ1) is 15.4. The number of sulfonamides is 1. The second-order valence-corrected chi connectivity index (χ2v) is 7.20. The highest BCUT2D eigenvalue weighted by Crippen LogP contribution is 2.31. The first-order valence-electron chi connectivity index (χ1n) is 6.79. The molecule has 20 heavy (non-hydrogen) atoms. The normalized spacial score (nSPS) is 27.5. The van der Waals surface area contributed by atoms with Crippen LogP contribution in [0.25, 0.3) is 0 Å². The average molecular weight is 303 g/mol. The molecular formula is C14H19F2NO2S. The van der Waals surface area contributed by atoms with Crippen LogP contribution < -0.4 is 4.72 Å². The van der Waals surface area contributed by atoms with E-state index in [4.69, 9.17) is 0 Å². The smallest absolute Gasteiger partial charge is 0.208 e. The van der Waals surface area contributed by atoms with Crippen LogP contribution in [-0.4, -0.2) is 14.5 Å². The van der Waals surface area contributed by atoms with Gasteiger partial charge in [0, 0.05) is 6.04 Å². The van der Waals surface area contributed by atoms with Crippen molar-refractivity contribution in [3.63, 3.8) is 0 Å². The molecule has 112 valence electrons. The summed E-state index contributed by atoms with van der Waals surface area (Å²) in [6, 6.07) is 2.77. The maximum Gasteiger partial charge on any atom is 0.246 e. The summed E-state index contributed by atoms with van der Waals surface area (Å²) >= 11 is 0. The Balaban J connectivity index is 2.28. The molecule has 3 atom stereocenters. The molecule has 6 heteroatoms. The molecule has 0 aliphatic heterocycles. The molecule has 0 unspecified atom stereocenters. The summed E-state index contributed by atoms with van der Waals surface area (Å²) in [7, 11) is -4.18. The van der Waals surface area contributed by atoms with Crippen LogP contribution >= 0.6 is 0 Å². The molecular weight excluding hydrogens is 284 g/mol. The zero-order valence-corrected chi connectivity index (χ0v) is 12.4. The zero-order valence-electron chi connectivity index (χ0n) is 11.6. The lowest BCUT2D eigenvalue weighted by Crippen LogP contribution is -2.44. The van der Waals surface area contributed by atoms with Gasteiger partial charge in [-0.15, -0.1) is 0 Å². The second kappa shape index (κ2) is 5.77. The minimum atomic E-state index is -4.18. The Labute approximate surface area is 118 Å². The maximum atomic E-state index is 13.6. The van der Waals surface area contributed by atoms with E-state index in [2.05, 4.69) is 11.6 Å². The summed E-state index contributed by atoms with van der Waals surface area (Å²) in [5, 5.41) is 0. The molecule has 1 N–H and O–H groups in total. The van der Waals surface area contributed by atoms with E-state index in [9.17, 15) is 17.2 Å². The fourth-order valence-electron chi connectivity index (χ4n) is 2.75. The molecule has 3 nitrogen and oxygen atoms in total. The van der Waals surface area contributed by atoms with Gasteiger partial charge in [0.2, 0.25) is 10.0 Å². The number of hydrogen-bond acceptors (Lipinski definition) is 2. The number of rotatable bonds is 3. The van der Waals surface area contributed by atoms with Crippen LogP contribution in [0, 0.1) is 23.5 Å². The Hall–Kier alpha value is -1.01. The van der Waals surface area contributed by atoms with Gasteiger partial charge >= 0.3 is 0 Å². The topological polar surface area (TPSA) is 46.2 Å². The summed E-state index contributed by atoms with van der Waals surface area (Å²) in [6.07, 6.45) is 2.66. The Bertz CT molecular complexity index is 569. The van der Waals surface area contributed by atoms with Gasteiger partial charge in [-0.1, -0.05) is 32.8 Å². The lowest BCUT2D eigenvalue weighted by Gasteiger charge is -2.34. The van der Waals surface area contributed by atoms with Gasteiger partial charge in [-0.2, -0.15) is 0 Å². The Morgan fingerprint density at radius 3 is 2.35 bits per heavy atom. The summed E-state index contributed by atoms with van der Waals surface area (Å²) in [5.74, 6) is -1.58. The largest absolute Gasteiger partial charge is 0.246 e. The maximum absolute atomic E-state index is 13.6. The van der Waals surface area contributed by atoms with E-state index in [1.807, 2.05) is 6.92 Å². The summed E-state index contributed by atoms with van der Waals surface area (Å²) < 4.78 is 54.1. The zero-order chi connectivity index (χ0) is 14.9. The quantitative estimate of drug-likeness (QED) is 0.933. The van der Waals surface area contributed by atoms with Gasteiger partial charge in [-0.05, 0) is 30.4 Å². The molecule has 0 amide bonds. The van der Waals surface area contributed by atoms with E-state index in [0.717, 1.165) is 31.0 Å². The van der Waals surface area contributed by atoms with Crippen molar-refractivity contribution in [3.05, 3.63) is 29.8 Å². The van der Waals surface area contributed by atoms with E-state index >= 15 is 0 Å². The van der Waals surface area contributed by atoms with Crippen LogP contribution in [0.2, 0.25) is 0 Å². The minimum absolute atomic E-state index is 0.147. The van der Waals surface area contributed by atoms with E-state index in [1.54, 1.807) is 0 Å². The predicted molar refractivity (Wildman–Crippen MR) is 72.6 cm³/mol. The Morgan fingerprint density at radius 1 is 1.15 bits per heavy atom. The van der Waals surface area contributed by atoms with Crippen molar-refractivity contribution in [2.75, 3.05) is 0 Å². The van der Waals surface area contributed by atoms with Crippen molar-refractivity contribution < 1.29 is 17.2 Å². The van der Waals surface area contributed by atoms with Crippen LogP contribution in [0.4, 0.5) is 8.78 Å². The van der Waals surface area contributed by atoms with Crippen molar-refractivity contribution in [2.24, 2.45) is 11.8 Å². The first-order chi connectivity index (χ1) is 9.33. The Morgan fingerprint density at radius 2 is 1.75 bits per heavy atom.